The van der Waals surface area contributed by atoms with Crippen LogP contribution in [-0.4, -0.2) is 18.0 Å². The molecule has 1 aliphatic carbocycles. The highest BCUT2D eigenvalue weighted by Gasteiger charge is 2.30. The number of hydrogen-bond donors (Lipinski definition) is 0. The number of carbonyl (C=O) groups excluding carboxylic acids is 2. The average molecular weight is 395 g/mol. The van der Waals surface area contributed by atoms with Crippen molar-refractivity contribution in [2.45, 2.75) is 58.5 Å². The van der Waals surface area contributed by atoms with Crippen LogP contribution in [0.15, 0.2) is 66.8 Å². The van der Waals surface area contributed by atoms with Crippen LogP contribution in [0.5, 0.6) is 5.75 Å². The van der Waals surface area contributed by atoms with Gasteiger partial charge in [-0.1, -0.05) is 50.3 Å². The number of benzene rings is 1. The highest BCUT2D eigenvalue weighted by atomic mass is 16.5. The van der Waals surface area contributed by atoms with Gasteiger partial charge in [0.1, 0.15) is 11.9 Å². The van der Waals surface area contributed by atoms with Gasteiger partial charge in [0, 0.05) is 25.7 Å². The predicted octanol–water partition coefficient (Wildman–Crippen LogP) is 5.38. The molecule has 29 heavy (non-hydrogen) atoms. The van der Waals surface area contributed by atoms with Crippen LogP contribution < -0.4 is 4.74 Å². The highest BCUT2D eigenvalue weighted by molar-refractivity contribution is 5.70. The van der Waals surface area contributed by atoms with Crippen LogP contribution >= 0.6 is 0 Å². The van der Waals surface area contributed by atoms with E-state index in [1.54, 1.807) is 6.08 Å². The lowest BCUT2D eigenvalue weighted by molar-refractivity contribution is -0.144. The Labute approximate surface area is 173 Å². The Morgan fingerprint density at radius 3 is 2.41 bits per heavy atom. The molecule has 0 amide bonds. The molecule has 2 rings (SSSR count). The topological polar surface area (TPSA) is 52.6 Å². The van der Waals surface area contributed by atoms with E-state index in [0.29, 0.717) is 25.0 Å². The lowest BCUT2D eigenvalue weighted by Crippen LogP contribution is -2.26. The van der Waals surface area contributed by atoms with Crippen LogP contribution in [0, 0.1) is 0 Å². The molecular formula is C25H30O4. The van der Waals surface area contributed by atoms with Gasteiger partial charge < -0.3 is 9.47 Å². The molecule has 4 nitrogen and oxygen atoms in total. The van der Waals surface area contributed by atoms with Crippen molar-refractivity contribution < 1.29 is 19.1 Å². The molecule has 0 saturated carbocycles. The molecule has 1 aromatic rings. The first-order valence-corrected chi connectivity index (χ1v) is 9.81. The molecular weight excluding hydrogens is 364 g/mol. The Balaban J connectivity index is 2.40. The quantitative estimate of drug-likeness (QED) is 0.337. The molecule has 0 N–H and O–H groups in total. The summed E-state index contributed by atoms with van der Waals surface area (Å²) in [6.07, 6.45) is 9.55. The average Bonchev–Trinajstić information content (AvgIpc) is 2.64. The molecule has 0 fully saturated rings. The van der Waals surface area contributed by atoms with E-state index in [1.165, 1.54) is 13.8 Å². The second kappa shape index (κ2) is 9.55. The van der Waals surface area contributed by atoms with Crippen molar-refractivity contribution in [3.63, 3.8) is 0 Å². The second-order valence-electron chi connectivity index (χ2n) is 7.74. The maximum absolute atomic E-state index is 11.4. The van der Waals surface area contributed by atoms with Crippen LogP contribution in [0.25, 0.3) is 0 Å². The largest absolute Gasteiger partial charge is 0.458 e. The molecule has 1 aromatic carbocycles. The van der Waals surface area contributed by atoms with E-state index in [9.17, 15) is 9.59 Å². The molecule has 1 unspecified atom stereocenters. The zero-order chi connectivity index (χ0) is 21.6. The first-order valence-electron chi connectivity index (χ1n) is 9.81. The summed E-state index contributed by atoms with van der Waals surface area (Å²) in [5.41, 5.74) is 3.95. The number of hydrogen-bond acceptors (Lipinski definition) is 4. The number of allylic oxidation sites excluding steroid dienone is 4. The highest BCUT2D eigenvalue weighted by Crippen LogP contribution is 2.39. The van der Waals surface area contributed by atoms with E-state index in [-0.39, 0.29) is 23.5 Å². The fourth-order valence-electron chi connectivity index (χ4n) is 3.56. The van der Waals surface area contributed by atoms with E-state index in [2.05, 4.69) is 45.2 Å². The SMILES string of the molecule is C=CCC1=CC(C(C)(C)c2ccc(OC(C)=O)c(CC=C)c2)=CCC1OC(C)=O. The van der Waals surface area contributed by atoms with Gasteiger partial charge in [-0.25, -0.2) is 0 Å². The van der Waals surface area contributed by atoms with Crippen molar-refractivity contribution in [2.24, 2.45) is 0 Å². The van der Waals surface area contributed by atoms with Crippen molar-refractivity contribution in [1.29, 1.82) is 0 Å². The zero-order valence-electron chi connectivity index (χ0n) is 17.8. The molecule has 154 valence electrons. The van der Waals surface area contributed by atoms with Crippen LogP contribution in [-0.2, 0) is 26.2 Å². The molecule has 0 spiro atoms. The third kappa shape index (κ3) is 5.57. The fraction of sp³-hybridized carbons (Fsp3) is 0.360. The Morgan fingerprint density at radius 1 is 1.14 bits per heavy atom. The number of esters is 2. The van der Waals surface area contributed by atoms with Gasteiger partial charge in [-0.15, -0.1) is 13.2 Å². The number of carbonyl (C=O) groups is 2. The van der Waals surface area contributed by atoms with Gasteiger partial charge in [-0.2, -0.15) is 0 Å². The molecule has 0 bridgehead atoms. The molecule has 1 atom stereocenters. The van der Waals surface area contributed by atoms with E-state index in [1.807, 2.05) is 18.2 Å². The minimum Gasteiger partial charge on any atom is -0.458 e. The van der Waals surface area contributed by atoms with Crippen molar-refractivity contribution in [3.8, 4) is 5.75 Å². The van der Waals surface area contributed by atoms with Gasteiger partial charge in [0.15, 0.2) is 0 Å². The van der Waals surface area contributed by atoms with Crippen molar-refractivity contribution >= 4 is 11.9 Å². The van der Waals surface area contributed by atoms with Crippen LogP contribution in [0.3, 0.4) is 0 Å². The van der Waals surface area contributed by atoms with Crippen molar-refractivity contribution in [1.82, 2.24) is 0 Å². The zero-order valence-corrected chi connectivity index (χ0v) is 17.8. The monoisotopic (exact) mass is 394 g/mol. The summed E-state index contributed by atoms with van der Waals surface area (Å²) in [4.78, 5) is 22.8. The summed E-state index contributed by atoms with van der Waals surface area (Å²) < 4.78 is 10.8. The van der Waals surface area contributed by atoms with Crippen LogP contribution in [0.1, 0.15) is 51.7 Å². The predicted molar refractivity (Wildman–Crippen MR) is 116 cm³/mol. The van der Waals surface area contributed by atoms with Crippen LogP contribution in [0.2, 0.25) is 0 Å². The number of ether oxygens (including phenoxy) is 2. The lowest BCUT2D eigenvalue weighted by atomic mass is 9.73. The van der Waals surface area contributed by atoms with Crippen molar-refractivity contribution in [2.75, 3.05) is 0 Å². The minimum absolute atomic E-state index is 0.243. The van der Waals surface area contributed by atoms with Gasteiger partial charge in [-0.3, -0.25) is 9.59 Å². The Kier molecular flexibility index (Phi) is 7.38. The first-order chi connectivity index (χ1) is 13.7. The smallest absolute Gasteiger partial charge is 0.308 e. The second-order valence-corrected chi connectivity index (χ2v) is 7.74. The Hall–Kier alpha value is -2.88. The Morgan fingerprint density at radius 2 is 1.83 bits per heavy atom. The normalized spacial score (nSPS) is 16.3. The summed E-state index contributed by atoms with van der Waals surface area (Å²) in [6, 6.07) is 5.90. The molecule has 4 heteroatoms. The maximum atomic E-state index is 11.4. The fourth-order valence-corrected chi connectivity index (χ4v) is 3.56. The van der Waals surface area contributed by atoms with Gasteiger partial charge in [0.25, 0.3) is 0 Å². The summed E-state index contributed by atoms with van der Waals surface area (Å²) >= 11 is 0. The van der Waals surface area contributed by atoms with E-state index in [0.717, 1.165) is 22.3 Å². The minimum atomic E-state index is -0.342. The van der Waals surface area contributed by atoms with Crippen LogP contribution in [0.4, 0.5) is 0 Å². The van der Waals surface area contributed by atoms with E-state index < -0.39 is 0 Å². The summed E-state index contributed by atoms with van der Waals surface area (Å²) in [5, 5.41) is 0. The molecule has 0 aliphatic heterocycles. The van der Waals surface area contributed by atoms with Gasteiger partial charge in [-0.05, 0) is 41.2 Å². The van der Waals surface area contributed by atoms with Gasteiger partial charge in [0.2, 0.25) is 0 Å². The standard InChI is InChI=1S/C25H30O4/c1-7-9-19-15-21(11-13-23(19)28-17(3)26)25(5,6)22-12-14-24(29-18(4)27)20(16-22)10-8-2/h7-8,11-13,15-16,24H,1-2,9-10,14H2,3-6H3. The summed E-state index contributed by atoms with van der Waals surface area (Å²) in [5.74, 6) is -0.0607. The van der Waals surface area contributed by atoms with Gasteiger partial charge >= 0.3 is 11.9 Å². The summed E-state index contributed by atoms with van der Waals surface area (Å²) in [7, 11) is 0. The van der Waals surface area contributed by atoms with Crippen molar-refractivity contribution in [3.05, 3.63) is 77.9 Å². The maximum Gasteiger partial charge on any atom is 0.308 e. The lowest BCUT2D eigenvalue weighted by Gasteiger charge is -2.32. The molecule has 1 aliphatic rings. The molecule has 0 aromatic heterocycles. The molecule has 0 saturated heterocycles. The van der Waals surface area contributed by atoms with E-state index in [4.69, 9.17) is 9.47 Å². The van der Waals surface area contributed by atoms with E-state index >= 15 is 0 Å². The Bertz CT molecular complexity index is 871. The third-order valence-corrected chi connectivity index (χ3v) is 5.12. The van der Waals surface area contributed by atoms with Gasteiger partial charge in [0.05, 0.1) is 0 Å². The number of rotatable bonds is 8. The first kappa shape index (κ1) is 22.4. The molecule has 0 radical (unpaired) electrons. The molecule has 0 heterocycles. The third-order valence-electron chi connectivity index (χ3n) is 5.12. The summed E-state index contributed by atoms with van der Waals surface area (Å²) in [6.45, 7) is 14.8.